The number of thiocarbonyl (C=S) groups is 1. The highest BCUT2D eigenvalue weighted by Gasteiger charge is 2.42. The second-order valence-corrected chi connectivity index (χ2v) is 11.9. The summed E-state index contributed by atoms with van der Waals surface area (Å²) in [4.78, 5) is 14.0. The molecule has 4 aromatic rings. The van der Waals surface area contributed by atoms with Crippen LogP contribution in [0.5, 0.6) is 0 Å². The lowest BCUT2D eigenvalue weighted by Gasteiger charge is -2.33. The molecule has 2 atom stereocenters. The fraction of sp³-hybridized carbons (Fsp3) is 0.344. The molecule has 5 heterocycles. The maximum absolute atomic E-state index is 6.97. The summed E-state index contributed by atoms with van der Waals surface area (Å²) in [6.45, 7) is 10.8. The van der Waals surface area contributed by atoms with Crippen LogP contribution in [0.1, 0.15) is 60.1 Å². The number of anilines is 2. The predicted molar refractivity (Wildman–Crippen MR) is 168 cm³/mol. The summed E-state index contributed by atoms with van der Waals surface area (Å²) in [5.74, 6) is 1.68. The van der Waals surface area contributed by atoms with Gasteiger partial charge in [0.15, 0.2) is 5.11 Å². The summed E-state index contributed by atoms with van der Waals surface area (Å²) in [5, 5.41) is 5.01. The molecule has 2 aliphatic heterocycles. The fourth-order valence-electron chi connectivity index (χ4n) is 6.18. The van der Waals surface area contributed by atoms with Gasteiger partial charge in [-0.15, -0.1) is 0 Å². The van der Waals surface area contributed by atoms with Gasteiger partial charge in [0.1, 0.15) is 5.82 Å². The van der Waals surface area contributed by atoms with Gasteiger partial charge in [-0.1, -0.05) is 24.6 Å². The first-order valence-electron chi connectivity index (χ1n) is 14.0. The molecule has 1 N–H and O–H groups in total. The van der Waals surface area contributed by atoms with E-state index in [1.54, 1.807) is 0 Å². The summed E-state index contributed by atoms with van der Waals surface area (Å²) < 4.78 is 2.23. The molecule has 40 heavy (non-hydrogen) atoms. The molecule has 0 spiro atoms. The first-order valence-corrected chi connectivity index (χ1v) is 14.8. The summed E-state index contributed by atoms with van der Waals surface area (Å²) in [5.41, 5.74) is 7.61. The number of pyridine rings is 2. The van der Waals surface area contributed by atoms with Gasteiger partial charge < -0.3 is 19.7 Å². The lowest BCUT2D eigenvalue weighted by atomic mass is 9.96. The SMILES string of the molecule is Cc1ccnc(-n2c(C)cc([C@H]3[C@H](c4ccccn4)NC(=S)N3c3ccc(N4CCC(C)CC4)c(Cl)c3)c2C)c1. The van der Waals surface area contributed by atoms with Crippen molar-refractivity contribution < 1.29 is 0 Å². The van der Waals surface area contributed by atoms with Crippen molar-refractivity contribution in [2.75, 3.05) is 22.9 Å². The minimum atomic E-state index is -0.129. The number of nitrogens with zero attached hydrogens (tertiary/aromatic N) is 5. The highest BCUT2D eigenvalue weighted by molar-refractivity contribution is 7.80. The summed E-state index contributed by atoms with van der Waals surface area (Å²) >= 11 is 13.0. The van der Waals surface area contributed by atoms with Crippen LogP contribution in [0.15, 0.2) is 67.0 Å². The number of nitrogens with one attached hydrogen (secondary N) is 1. The molecule has 206 valence electrons. The predicted octanol–water partition coefficient (Wildman–Crippen LogP) is 7.26. The van der Waals surface area contributed by atoms with Gasteiger partial charge in [0.05, 0.1) is 28.5 Å². The molecular weight excluding hydrogens is 536 g/mol. The van der Waals surface area contributed by atoms with E-state index in [9.17, 15) is 0 Å². The van der Waals surface area contributed by atoms with Crippen LogP contribution in [-0.4, -0.2) is 32.7 Å². The van der Waals surface area contributed by atoms with Crippen molar-refractivity contribution in [3.63, 3.8) is 0 Å². The number of aromatic nitrogens is 3. The quantitative estimate of drug-likeness (QED) is 0.255. The first-order chi connectivity index (χ1) is 19.3. The minimum Gasteiger partial charge on any atom is -0.370 e. The Morgan fingerprint density at radius 3 is 2.45 bits per heavy atom. The van der Waals surface area contributed by atoms with Crippen molar-refractivity contribution in [2.45, 2.75) is 52.6 Å². The largest absolute Gasteiger partial charge is 0.370 e. The van der Waals surface area contributed by atoms with Crippen LogP contribution in [0.3, 0.4) is 0 Å². The highest BCUT2D eigenvalue weighted by atomic mass is 35.5. The number of halogens is 1. The van der Waals surface area contributed by atoms with Gasteiger partial charge in [-0.25, -0.2) is 4.98 Å². The number of hydrogen-bond acceptors (Lipinski definition) is 4. The minimum absolute atomic E-state index is 0.120. The monoisotopic (exact) mass is 570 g/mol. The molecule has 2 fully saturated rings. The summed E-state index contributed by atoms with van der Waals surface area (Å²) in [6.07, 6.45) is 6.09. The van der Waals surface area contributed by atoms with Gasteiger partial charge in [0, 0.05) is 42.6 Å². The molecular formula is C32H35ClN6S. The molecule has 2 saturated heterocycles. The zero-order valence-electron chi connectivity index (χ0n) is 23.4. The van der Waals surface area contributed by atoms with Gasteiger partial charge in [0.25, 0.3) is 0 Å². The van der Waals surface area contributed by atoms with E-state index in [-0.39, 0.29) is 12.1 Å². The molecule has 6 rings (SSSR count). The van der Waals surface area contributed by atoms with Gasteiger partial charge >= 0.3 is 0 Å². The van der Waals surface area contributed by atoms with Gasteiger partial charge in [-0.2, -0.15) is 0 Å². The Labute approximate surface area is 247 Å². The van der Waals surface area contributed by atoms with Crippen LogP contribution in [-0.2, 0) is 0 Å². The Morgan fingerprint density at radius 2 is 1.75 bits per heavy atom. The van der Waals surface area contributed by atoms with E-state index in [0.29, 0.717) is 5.11 Å². The molecule has 0 bridgehead atoms. The number of piperidine rings is 1. The Kier molecular flexibility index (Phi) is 7.27. The van der Waals surface area contributed by atoms with Crippen LogP contribution in [0.2, 0.25) is 5.02 Å². The lowest BCUT2D eigenvalue weighted by molar-refractivity contribution is 0.438. The molecule has 1 aromatic carbocycles. The zero-order chi connectivity index (χ0) is 28.0. The van der Waals surface area contributed by atoms with Crippen molar-refractivity contribution in [1.82, 2.24) is 19.9 Å². The molecule has 0 radical (unpaired) electrons. The van der Waals surface area contributed by atoms with Crippen LogP contribution >= 0.6 is 23.8 Å². The van der Waals surface area contributed by atoms with E-state index in [4.69, 9.17) is 28.8 Å². The number of rotatable bonds is 5. The van der Waals surface area contributed by atoms with E-state index in [1.807, 2.05) is 30.6 Å². The maximum atomic E-state index is 6.97. The Morgan fingerprint density at radius 1 is 0.950 bits per heavy atom. The van der Waals surface area contributed by atoms with E-state index in [1.165, 1.54) is 24.0 Å². The zero-order valence-corrected chi connectivity index (χ0v) is 25.0. The molecule has 0 unspecified atom stereocenters. The number of benzene rings is 1. The number of aryl methyl sites for hydroxylation is 2. The normalized spacial score (nSPS) is 19.8. The first kappa shape index (κ1) is 26.8. The van der Waals surface area contributed by atoms with Crippen LogP contribution < -0.4 is 15.1 Å². The van der Waals surface area contributed by atoms with Crippen molar-refractivity contribution in [1.29, 1.82) is 0 Å². The Hall–Kier alpha value is -3.42. The third-order valence-electron chi connectivity index (χ3n) is 8.35. The van der Waals surface area contributed by atoms with E-state index < -0.39 is 0 Å². The topological polar surface area (TPSA) is 49.2 Å². The second-order valence-electron chi connectivity index (χ2n) is 11.2. The lowest BCUT2D eigenvalue weighted by Crippen LogP contribution is -2.33. The molecule has 0 saturated carbocycles. The van der Waals surface area contributed by atoms with Crippen molar-refractivity contribution in [2.24, 2.45) is 5.92 Å². The van der Waals surface area contributed by atoms with Crippen molar-refractivity contribution in [3.8, 4) is 5.82 Å². The summed E-state index contributed by atoms with van der Waals surface area (Å²) in [6, 6.07) is 18.6. The maximum Gasteiger partial charge on any atom is 0.174 e. The molecule has 8 heteroatoms. The van der Waals surface area contributed by atoms with Crippen LogP contribution in [0.4, 0.5) is 11.4 Å². The third kappa shape index (κ3) is 4.86. The molecule has 2 aliphatic rings. The van der Waals surface area contributed by atoms with E-state index in [0.717, 1.165) is 58.3 Å². The standard InChI is InChI=1S/C32H35ClN6S/c1-20-11-15-37(16-12-20)28-9-8-24(19-26(28)33)39-31(30(36-32(39)40)27-7-5-6-13-34-27)25-18-22(3)38(23(25)4)29-17-21(2)10-14-35-29/h5-10,13-14,17-20,30-31H,11-12,15-16H2,1-4H3,(H,36,40)/t30-,31-/m0/s1. The molecule has 6 nitrogen and oxygen atoms in total. The number of hydrogen-bond donors (Lipinski definition) is 1. The van der Waals surface area contributed by atoms with Crippen molar-refractivity contribution >= 4 is 40.3 Å². The van der Waals surface area contributed by atoms with Crippen LogP contribution in [0.25, 0.3) is 5.82 Å². The van der Waals surface area contributed by atoms with E-state index >= 15 is 0 Å². The molecule has 3 aromatic heterocycles. The second kappa shape index (κ2) is 10.9. The Bertz CT molecular complexity index is 1540. The van der Waals surface area contributed by atoms with Crippen LogP contribution in [0, 0.1) is 26.7 Å². The van der Waals surface area contributed by atoms with Gasteiger partial charge in [0.2, 0.25) is 0 Å². The highest BCUT2D eigenvalue weighted by Crippen LogP contribution is 2.45. The van der Waals surface area contributed by atoms with Crippen molar-refractivity contribution in [3.05, 3.63) is 100 Å². The Balaban J connectivity index is 1.44. The average Bonchev–Trinajstić information content (AvgIpc) is 3.44. The van der Waals surface area contributed by atoms with Gasteiger partial charge in [-0.05, 0) is 111 Å². The molecule has 0 amide bonds. The fourth-order valence-corrected chi connectivity index (χ4v) is 6.82. The molecule has 0 aliphatic carbocycles. The summed E-state index contributed by atoms with van der Waals surface area (Å²) in [7, 11) is 0. The van der Waals surface area contributed by atoms with Gasteiger partial charge in [-0.3, -0.25) is 4.98 Å². The third-order valence-corrected chi connectivity index (χ3v) is 8.97. The average molecular weight is 571 g/mol. The van der Waals surface area contributed by atoms with E-state index in [2.05, 4.69) is 88.8 Å². The smallest absolute Gasteiger partial charge is 0.174 e.